The van der Waals surface area contributed by atoms with Crippen LogP contribution in [0.5, 0.6) is 5.75 Å². The van der Waals surface area contributed by atoms with Gasteiger partial charge in [0.25, 0.3) is 0 Å². The monoisotopic (exact) mass is 320 g/mol. The standard InChI is InChI=1S/C15H17BrN2O/c1-3-19-14-6-4-11(5-7-14)15(17-2)12-8-13(16)10-18-9-12/h4-10,15,17H,3H2,1-2H3. The molecule has 100 valence electrons. The number of ether oxygens (including phenoxy) is 1. The quantitative estimate of drug-likeness (QED) is 0.914. The summed E-state index contributed by atoms with van der Waals surface area (Å²) in [6, 6.07) is 10.3. The van der Waals surface area contributed by atoms with Crippen LogP contribution in [0.3, 0.4) is 0 Å². The molecule has 1 heterocycles. The maximum atomic E-state index is 5.46. The molecule has 1 N–H and O–H groups in total. The SMILES string of the molecule is CCOc1ccc(C(NC)c2cncc(Br)c2)cc1. The molecule has 19 heavy (non-hydrogen) atoms. The minimum absolute atomic E-state index is 0.126. The molecule has 2 rings (SSSR count). The average molecular weight is 321 g/mol. The van der Waals surface area contributed by atoms with Crippen LogP contribution in [0.15, 0.2) is 47.2 Å². The Balaban J connectivity index is 2.26. The smallest absolute Gasteiger partial charge is 0.119 e. The van der Waals surface area contributed by atoms with E-state index in [0.29, 0.717) is 6.61 Å². The molecule has 0 aliphatic carbocycles. The van der Waals surface area contributed by atoms with E-state index in [1.165, 1.54) is 5.56 Å². The molecule has 3 nitrogen and oxygen atoms in total. The minimum Gasteiger partial charge on any atom is -0.494 e. The third-order valence-corrected chi connectivity index (χ3v) is 3.31. The zero-order valence-electron chi connectivity index (χ0n) is 11.1. The van der Waals surface area contributed by atoms with E-state index in [1.807, 2.05) is 32.3 Å². The number of pyridine rings is 1. The van der Waals surface area contributed by atoms with Gasteiger partial charge in [-0.2, -0.15) is 0 Å². The first kappa shape index (κ1) is 14.0. The van der Waals surface area contributed by atoms with Crippen LogP contribution in [0, 0.1) is 0 Å². The molecular weight excluding hydrogens is 304 g/mol. The first-order chi connectivity index (χ1) is 9.24. The lowest BCUT2D eigenvalue weighted by molar-refractivity contribution is 0.340. The second-order valence-electron chi connectivity index (χ2n) is 4.16. The minimum atomic E-state index is 0.126. The zero-order chi connectivity index (χ0) is 13.7. The summed E-state index contributed by atoms with van der Waals surface area (Å²) in [5.74, 6) is 0.897. The number of aromatic nitrogens is 1. The molecule has 2 aromatic rings. The number of nitrogens with one attached hydrogen (secondary N) is 1. The summed E-state index contributed by atoms with van der Waals surface area (Å²) in [7, 11) is 1.95. The summed E-state index contributed by atoms with van der Waals surface area (Å²) < 4.78 is 6.44. The molecule has 0 aliphatic heterocycles. The Kier molecular flexibility index (Phi) is 4.93. The third-order valence-electron chi connectivity index (χ3n) is 2.87. The van der Waals surface area contributed by atoms with Crippen LogP contribution in [0.1, 0.15) is 24.1 Å². The Morgan fingerprint density at radius 2 is 1.95 bits per heavy atom. The number of hydrogen-bond donors (Lipinski definition) is 1. The van der Waals surface area contributed by atoms with Crippen molar-refractivity contribution in [2.75, 3.05) is 13.7 Å². The van der Waals surface area contributed by atoms with E-state index in [4.69, 9.17) is 4.74 Å². The molecule has 0 saturated carbocycles. The number of benzene rings is 1. The van der Waals surface area contributed by atoms with Crippen molar-refractivity contribution in [3.05, 3.63) is 58.3 Å². The third kappa shape index (κ3) is 3.55. The van der Waals surface area contributed by atoms with Crippen molar-refractivity contribution < 1.29 is 4.74 Å². The molecule has 0 spiro atoms. The Hall–Kier alpha value is -1.39. The fourth-order valence-corrected chi connectivity index (χ4v) is 2.42. The molecule has 0 fully saturated rings. The van der Waals surface area contributed by atoms with Crippen LogP contribution in [-0.2, 0) is 0 Å². The number of halogens is 1. The summed E-state index contributed by atoms with van der Waals surface area (Å²) in [4.78, 5) is 4.21. The number of hydrogen-bond acceptors (Lipinski definition) is 3. The van der Waals surface area contributed by atoms with Crippen LogP contribution in [0.25, 0.3) is 0 Å². The summed E-state index contributed by atoms with van der Waals surface area (Å²) >= 11 is 3.45. The van der Waals surface area contributed by atoms with Crippen molar-refractivity contribution in [1.29, 1.82) is 0 Å². The van der Waals surface area contributed by atoms with Crippen molar-refractivity contribution >= 4 is 15.9 Å². The average Bonchev–Trinajstić information content (AvgIpc) is 2.42. The van der Waals surface area contributed by atoms with Crippen molar-refractivity contribution in [2.24, 2.45) is 0 Å². The van der Waals surface area contributed by atoms with Gasteiger partial charge in [0.1, 0.15) is 5.75 Å². The van der Waals surface area contributed by atoms with Gasteiger partial charge in [0.05, 0.1) is 12.6 Å². The van der Waals surface area contributed by atoms with Gasteiger partial charge in [-0.3, -0.25) is 4.98 Å². The molecule has 0 saturated heterocycles. The molecule has 1 unspecified atom stereocenters. The largest absolute Gasteiger partial charge is 0.494 e. The molecule has 0 amide bonds. The molecule has 0 bridgehead atoms. The zero-order valence-corrected chi connectivity index (χ0v) is 12.6. The fraction of sp³-hybridized carbons (Fsp3) is 0.267. The lowest BCUT2D eigenvalue weighted by atomic mass is 10.0. The van der Waals surface area contributed by atoms with E-state index in [1.54, 1.807) is 6.20 Å². The van der Waals surface area contributed by atoms with Crippen LogP contribution in [0.2, 0.25) is 0 Å². The van der Waals surface area contributed by atoms with Gasteiger partial charge in [-0.1, -0.05) is 12.1 Å². The van der Waals surface area contributed by atoms with Crippen molar-refractivity contribution in [1.82, 2.24) is 10.3 Å². The van der Waals surface area contributed by atoms with E-state index in [0.717, 1.165) is 15.8 Å². The van der Waals surface area contributed by atoms with E-state index in [2.05, 4.69) is 44.4 Å². The van der Waals surface area contributed by atoms with Gasteiger partial charge < -0.3 is 10.1 Å². The lowest BCUT2D eigenvalue weighted by Gasteiger charge is -2.17. The van der Waals surface area contributed by atoms with Crippen LogP contribution >= 0.6 is 15.9 Å². The number of rotatable bonds is 5. The van der Waals surface area contributed by atoms with Crippen LogP contribution in [0.4, 0.5) is 0 Å². The Bertz CT molecular complexity index is 528. The maximum absolute atomic E-state index is 5.46. The Morgan fingerprint density at radius 1 is 1.21 bits per heavy atom. The Labute approximate surface area is 122 Å². The van der Waals surface area contributed by atoms with Gasteiger partial charge in [0.2, 0.25) is 0 Å². The van der Waals surface area contributed by atoms with Crippen LogP contribution in [-0.4, -0.2) is 18.6 Å². The molecule has 0 aliphatic rings. The highest BCUT2D eigenvalue weighted by Gasteiger charge is 2.12. The fourth-order valence-electron chi connectivity index (χ4n) is 2.04. The first-order valence-corrected chi connectivity index (χ1v) is 7.04. The topological polar surface area (TPSA) is 34.1 Å². The van der Waals surface area contributed by atoms with Gasteiger partial charge in [-0.05, 0) is 59.2 Å². The molecule has 1 atom stereocenters. The predicted octanol–water partition coefficient (Wildman–Crippen LogP) is 3.55. The van der Waals surface area contributed by atoms with Crippen molar-refractivity contribution in [3.8, 4) is 5.75 Å². The van der Waals surface area contributed by atoms with Crippen LogP contribution < -0.4 is 10.1 Å². The lowest BCUT2D eigenvalue weighted by Crippen LogP contribution is -2.17. The van der Waals surface area contributed by atoms with E-state index < -0.39 is 0 Å². The molecule has 0 radical (unpaired) electrons. The second-order valence-corrected chi connectivity index (χ2v) is 5.08. The van der Waals surface area contributed by atoms with Gasteiger partial charge in [-0.15, -0.1) is 0 Å². The van der Waals surface area contributed by atoms with Crippen molar-refractivity contribution in [3.63, 3.8) is 0 Å². The Morgan fingerprint density at radius 3 is 2.53 bits per heavy atom. The summed E-state index contributed by atoms with van der Waals surface area (Å²) in [6.45, 7) is 2.67. The normalized spacial score (nSPS) is 12.2. The van der Waals surface area contributed by atoms with Gasteiger partial charge in [0, 0.05) is 16.9 Å². The summed E-state index contributed by atoms with van der Waals surface area (Å²) in [6.07, 6.45) is 3.66. The van der Waals surface area contributed by atoms with E-state index in [9.17, 15) is 0 Å². The van der Waals surface area contributed by atoms with Crippen molar-refractivity contribution in [2.45, 2.75) is 13.0 Å². The number of nitrogens with zero attached hydrogens (tertiary/aromatic N) is 1. The van der Waals surface area contributed by atoms with E-state index in [-0.39, 0.29) is 6.04 Å². The summed E-state index contributed by atoms with van der Waals surface area (Å²) in [5.41, 5.74) is 2.31. The second kappa shape index (κ2) is 6.68. The van der Waals surface area contributed by atoms with Gasteiger partial charge in [0.15, 0.2) is 0 Å². The predicted molar refractivity (Wildman–Crippen MR) is 80.5 cm³/mol. The molecule has 4 heteroatoms. The van der Waals surface area contributed by atoms with E-state index >= 15 is 0 Å². The summed E-state index contributed by atoms with van der Waals surface area (Å²) in [5, 5.41) is 3.31. The highest BCUT2D eigenvalue weighted by atomic mass is 79.9. The highest BCUT2D eigenvalue weighted by molar-refractivity contribution is 9.10. The molecule has 1 aromatic carbocycles. The van der Waals surface area contributed by atoms with Gasteiger partial charge >= 0.3 is 0 Å². The first-order valence-electron chi connectivity index (χ1n) is 6.25. The molecule has 1 aromatic heterocycles. The maximum Gasteiger partial charge on any atom is 0.119 e. The molecular formula is C15H17BrN2O. The highest BCUT2D eigenvalue weighted by Crippen LogP contribution is 2.25. The van der Waals surface area contributed by atoms with Gasteiger partial charge in [-0.25, -0.2) is 0 Å².